The van der Waals surface area contributed by atoms with Crippen LogP contribution in [0.1, 0.15) is 362 Å². The first-order valence-electron chi connectivity index (χ1n) is 38.9. The van der Waals surface area contributed by atoms with Gasteiger partial charge in [-0.15, -0.1) is 0 Å². The van der Waals surface area contributed by atoms with Crippen LogP contribution in [0.5, 0.6) is 0 Å². The molecule has 0 aromatic heterocycles. The molecule has 17 nitrogen and oxygen atoms in total. The average molecular weight is 1400 g/mol. The van der Waals surface area contributed by atoms with Gasteiger partial charge in [-0.1, -0.05) is 307 Å². The molecular formula is C77H142O17P2. The summed E-state index contributed by atoms with van der Waals surface area (Å²) in [4.78, 5) is 72.8. The van der Waals surface area contributed by atoms with Crippen LogP contribution in [-0.4, -0.2) is 96.7 Å². The first-order valence-corrected chi connectivity index (χ1v) is 41.9. The lowest BCUT2D eigenvalue weighted by Gasteiger charge is -2.21. The molecule has 0 rings (SSSR count). The predicted octanol–water partition coefficient (Wildman–Crippen LogP) is 22.1. The fraction of sp³-hybridized carbons (Fsp3) is 0.844. The van der Waals surface area contributed by atoms with E-state index in [4.69, 9.17) is 37.0 Å². The zero-order valence-electron chi connectivity index (χ0n) is 61.3. The van der Waals surface area contributed by atoms with Crippen LogP contribution in [0.25, 0.3) is 0 Å². The van der Waals surface area contributed by atoms with E-state index in [1.165, 1.54) is 148 Å². The molecule has 0 amide bonds. The zero-order valence-corrected chi connectivity index (χ0v) is 63.1. The Bertz CT molecular complexity index is 2010. The van der Waals surface area contributed by atoms with E-state index in [1.54, 1.807) is 0 Å². The summed E-state index contributed by atoms with van der Waals surface area (Å²) in [5.41, 5.74) is 0. The summed E-state index contributed by atoms with van der Waals surface area (Å²) < 4.78 is 68.5. The van der Waals surface area contributed by atoms with Gasteiger partial charge in [0.25, 0.3) is 0 Å². The normalized spacial score (nSPS) is 14.2. The molecule has 0 fully saturated rings. The summed E-state index contributed by atoms with van der Waals surface area (Å²) in [7, 11) is -9.93. The number of allylic oxidation sites excluding steroid dienone is 8. The lowest BCUT2D eigenvalue weighted by atomic mass is 10.0. The minimum absolute atomic E-state index is 0.0908. The summed E-state index contributed by atoms with van der Waals surface area (Å²) in [5.74, 6) is -2.16. The summed E-state index contributed by atoms with van der Waals surface area (Å²) in [5, 5.41) is 10.6. The Morgan fingerprint density at radius 2 is 0.552 bits per heavy atom. The number of unbranched alkanes of at least 4 members (excludes halogenated alkanes) is 40. The van der Waals surface area contributed by atoms with Crippen molar-refractivity contribution in [3.8, 4) is 0 Å². The maximum absolute atomic E-state index is 13.1. The Hall–Kier alpha value is -2.98. The van der Waals surface area contributed by atoms with Gasteiger partial charge in [-0.25, -0.2) is 9.13 Å². The molecule has 0 saturated carbocycles. The van der Waals surface area contributed by atoms with Crippen LogP contribution in [-0.2, 0) is 65.4 Å². The van der Waals surface area contributed by atoms with Gasteiger partial charge in [0.15, 0.2) is 12.2 Å². The molecule has 0 bridgehead atoms. The fourth-order valence-corrected chi connectivity index (χ4v) is 12.4. The van der Waals surface area contributed by atoms with Gasteiger partial charge in [-0.3, -0.25) is 37.3 Å². The minimum atomic E-state index is -4.97. The van der Waals surface area contributed by atoms with Crippen molar-refractivity contribution in [2.75, 3.05) is 39.6 Å². The lowest BCUT2D eigenvalue weighted by molar-refractivity contribution is -0.161. The number of phosphoric acid groups is 2. The van der Waals surface area contributed by atoms with Crippen molar-refractivity contribution in [3.05, 3.63) is 48.6 Å². The Labute approximate surface area is 585 Å². The van der Waals surface area contributed by atoms with Crippen LogP contribution >= 0.6 is 15.6 Å². The first-order chi connectivity index (χ1) is 46.7. The standard InChI is InChI=1S/C77H142O17P2/c1-5-9-13-17-21-25-29-32-35-38-42-45-49-53-57-61-74(79)87-67-72(93-76(81)63-59-55-51-47-41-28-24-20-16-12-8-4)69-91-95(83,84)89-65-71(78)66-90-96(85,86)92-70-73(94-77(82)64-60-56-52-48-44-40-37-34-31-27-23-19-15-11-7-3)68-88-75(80)62-58-54-50-46-43-39-36-33-30-26-22-18-14-10-6-2/h10,14,20,22,24,26,33,36,71-73,78H,5-9,11-13,15-19,21,23,25,27-32,34-35,37-70H2,1-4H3,(H,83,84)(H,85,86)/b14-10-,24-20-,26-22-,36-33-. The van der Waals surface area contributed by atoms with E-state index in [0.29, 0.717) is 25.7 Å². The molecule has 0 radical (unpaired) electrons. The maximum atomic E-state index is 13.1. The van der Waals surface area contributed by atoms with Gasteiger partial charge in [-0.05, 0) is 77.0 Å². The second kappa shape index (κ2) is 70.5. The van der Waals surface area contributed by atoms with E-state index in [9.17, 15) is 43.2 Å². The second-order valence-corrected chi connectivity index (χ2v) is 29.2. The number of hydrogen-bond acceptors (Lipinski definition) is 15. The van der Waals surface area contributed by atoms with Crippen LogP contribution in [0, 0.1) is 0 Å². The number of esters is 4. The molecule has 5 atom stereocenters. The van der Waals surface area contributed by atoms with Crippen molar-refractivity contribution in [1.29, 1.82) is 0 Å². The predicted molar refractivity (Wildman–Crippen MR) is 390 cm³/mol. The highest BCUT2D eigenvalue weighted by molar-refractivity contribution is 7.47. The highest BCUT2D eigenvalue weighted by Crippen LogP contribution is 2.45. The van der Waals surface area contributed by atoms with Crippen LogP contribution in [0.4, 0.5) is 0 Å². The summed E-state index contributed by atoms with van der Waals surface area (Å²) in [6, 6.07) is 0. The van der Waals surface area contributed by atoms with Crippen molar-refractivity contribution in [3.63, 3.8) is 0 Å². The topological polar surface area (TPSA) is 237 Å². The molecule has 0 spiro atoms. The largest absolute Gasteiger partial charge is 0.472 e. The molecule has 0 heterocycles. The quantitative estimate of drug-likeness (QED) is 0.0169. The number of carbonyl (C=O) groups is 4. The van der Waals surface area contributed by atoms with Gasteiger partial charge in [0.05, 0.1) is 26.4 Å². The number of aliphatic hydroxyl groups is 1. The first kappa shape index (κ1) is 93.0. The van der Waals surface area contributed by atoms with Gasteiger partial charge < -0.3 is 33.8 Å². The number of carbonyl (C=O) groups excluding carboxylic acids is 4. The Kier molecular flexibility index (Phi) is 68.3. The highest BCUT2D eigenvalue weighted by atomic mass is 31.2. The summed E-state index contributed by atoms with van der Waals surface area (Å²) in [6.07, 6.45) is 66.7. The molecule has 0 saturated heterocycles. The van der Waals surface area contributed by atoms with Crippen LogP contribution in [0.3, 0.4) is 0 Å². The van der Waals surface area contributed by atoms with Gasteiger partial charge >= 0.3 is 39.5 Å². The lowest BCUT2D eigenvalue weighted by Crippen LogP contribution is -2.30. The van der Waals surface area contributed by atoms with Crippen LogP contribution in [0.2, 0.25) is 0 Å². The summed E-state index contributed by atoms with van der Waals surface area (Å²) >= 11 is 0. The highest BCUT2D eigenvalue weighted by Gasteiger charge is 2.30. The van der Waals surface area contributed by atoms with Crippen molar-refractivity contribution in [2.24, 2.45) is 0 Å². The van der Waals surface area contributed by atoms with Crippen molar-refractivity contribution in [1.82, 2.24) is 0 Å². The van der Waals surface area contributed by atoms with E-state index in [1.807, 2.05) is 0 Å². The Morgan fingerprint density at radius 3 is 0.875 bits per heavy atom. The third kappa shape index (κ3) is 69.5. The van der Waals surface area contributed by atoms with Crippen molar-refractivity contribution >= 4 is 39.5 Å². The second-order valence-electron chi connectivity index (χ2n) is 26.3. The van der Waals surface area contributed by atoms with Crippen LogP contribution < -0.4 is 0 Å². The van der Waals surface area contributed by atoms with E-state index < -0.39 is 97.5 Å². The van der Waals surface area contributed by atoms with Gasteiger partial charge in [-0.2, -0.15) is 0 Å². The molecule has 0 aliphatic heterocycles. The maximum Gasteiger partial charge on any atom is 0.472 e. The van der Waals surface area contributed by atoms with E-state index in [2.05, 4.69) is 76.3 Å². The van der Waals surface area contributed by atoms with E-state index >= 15 is 0 Å². The molecule has 0 aromatic rings. The average Bonchev–Trinajstić information content (AvgIpc) is 1.09. The molecule has 562 valence electrons. The Morgan fingerprint density at radius 1 is 0.302 bits per heavy atom. The summed E-state index contributed by atoms with van der Waals surface area (Å²) in [6.45, 7) is 4.77. The van der Waals surface area contributed by atoms with E-state index in [0.717, 1.165) is 135 Å². The molecular weight excluding hydrogens is 1260 g/mol. The Balaban J connectivity index is 5.29. The van der Waals surface area contributed by atoms with E-state index in [-0.39, 0.29) is 25.7 Å². The third-order valence-corrected chi connectivity index (χ3v) is 18.7. The fourth-order valence-electron chi connectivity index (χ4n) is 10.9. The monoisotopic (exact) mass is 1400 g/mol. The van der Waals surface area contributed by atoms with Crippen molar-refractivity contribution in [2.45, 2.75) is 380 Å². The van der Waals surface area contributed by atoms with Crippen LogP contribution in [0.15, 0.2) is 48.6 Å². The van der Waals surface area contributed by atoms with Gasteiger partial charge in [0.1, 0.15) is 19.3 Å². The minimum Gasteiger partial charge on any atom is -0.462 e. The number of rotatable bonds is 74. The molecule has 0 aliphatic rings. The molecule has 5 unspecified atom stereocenters. The number of ether oxygens (including phenoxy) is 4. The van der Waals surface area contributed by atoms with Gasteiger partial charge in [0.2, 0.25) is 0 Å². The molecule has 19 heteroatoms. The zero-order chi connectivity index (χ0) is 70.4. The smallest absolute Gasteiger partial charge is 0.462 e. The number of aliphatic hydroxyl groups excluding tert-OH is 1. The third-order valence-electron chi connectivity index (χ3n) is 16.8. The van der Waals surface area contributed by atoms with Crippen molar-refractivity contribution < 1.29 is 80.2 Å². The number of hydrogen-bond donors (Lipinski definition) is 3. The molecule has 3 N–H and O–H groups in total. The molecule has 96 heavy (non-hydrogen) atoms. The van der Waals surface area contributed by atoms with Gasteiger partial charge in [0, 0.05) is 25.7 Å². The number of phosphoric ester groups is 2. The SMILES string of the molecule is CC/C=C\C/C=C\C/C=C\CCCCCCCC(=O)OCC(COP(=O)(O)OCC(O)COP(=O)(O)OCC(COC(=O)CCCCCCCCCCCCCCCCC)OC(=O)CCCCCCC/C=C\CCCC)OC(=O)CCCCCCCCCCCCCCCCC. The molecule has 0 aliphatic carbocycles. The molecule has 0 aromatic carbocycles.